The van der Waals surface area contributed by atoms with Crippen molar-refractivity contribution in [1.29, 1.82) is 0 Å². The molecule has 0 aliphatic heterocycles. The number of methoxy groups -OCH3 is 1. The molecule has 1 heterocycles. The maximum absolute atomic E-state index is 12.1. The van der Waals surface area contributed by atoms with Gasteiger partial charge in [0.25, 0.3) is 0 Å². The van der Waals surface area contributed by atoms with Gasteiger partial charge in [-0.25, -0.2) is 0 Å². The number of ether oxygens (including phenoxy) is 1. The van der Waals surface area contributed by atoms with Crippen molar-refractivity contribution in [3.05, 3.63) is 58.9 Å². The number of carbonyl (C=O) groups is 1. The van der Waals surface area contributed by atoms with Crippen LogP contribution in [-0.4, -0.2) is 23.2 Å². The van der Waals surface area contributed by atoms with Crippen LogP contribution >= 0.6 is 15.9 Å². The van der Waals surface area contributed by atoms with Crippen LogP contribution in [0.3, 0.4) is 0 Å². The second kappa shape index (κ2) is 6.62. The van der Waals surface area contributed by atoms with Crippen molar-refractivity contribution in [1.82, 2.24) is 10.2 Å². The summed E-state index contributed by atoms with van der Waals surface area (Å²) in [5.74, 6) is 0.344. The Morgan fingerprint density at radius 1 is 1.17 bits per heavy atom. The Balaban J connectivity index is 1.79. The Morgan fingerprint density at radius 2 is 2.00 bits per heavy atom. The van der Waals surface area contributed by atoms with Crippen LogP contribution in [-0.2, 0) is 0 Å². The number of hydrogen-bond acceptors (Lipinski definition) is 5. The molecule has 3 aromatic rings. The molecule has 0 saturated carbocycles. The lowest BCUT2D eigenvalue weighted by atomic mass is 10.2. The highest BCUT2D eigenvalue weighted by Gasteiger charge is 2.16. The van der Waals surface area contributed by atoms with Crippen LogP contribution < -0.4 is 10.1 Å². The summed E-state index contributed by atoms with van der Waals surface area (Å²) >= 11 is 3.34. The van der Waals surface area contributed by atoms with E-state index in [9.17, 15) is 4.79 Å². The molecule has 6 nitrogen and oxygen atoms in total. The van der Waals surface area contributed by atoms with Crippen molar-refractivity contribution in [2.45, 2.75) is 0 Å². The van der Waals surface area contributed by atoms with Gasteiger partial charge in [0.2, 0.25) is 5.89 Å². The topological polar surface area (TPSA) is 77.2 Å². The van der Waals surface area contributed by atoms with Gasteiger partial charge in [0.15, 0.2) is 0 Å². The molecule has 0 aliphatic rings. The van der Waals surface area contributed by atoms with Crippen molar-refractivity contribution in [2.24, 2.45) is 0 Å². The number of benzene rings is 2. The lowest BCUT2D eigenvalue weighted by molar-refractivity contribution is 0.0991. The molecule has 23 heavy (non-hydrogen) atoms. The first-order valence-corrected chi connectivity index (χ1v) is 7.50. The number of anilines is 1. The van der Waals surface area contributed by atoms with Gasteiger partial charge in [-0.05, 0) is 36.4 Å². The van der Waals surface area contributed by atoms with Crippen molar-refractivity contribution < 1.29 is 13.9 Å². The van der Waals surface area contributed by atoms with Gasteiger partial charge in [-0.3, -0.25) is 4.79 Å². The van der Waals surface area contributed by atoms with Gasteiger partial charge >= 0.3 is 11.8 Å². The van der Waals surface area contributed by atoms with Crippen LogP contribution in [0, 0.1) is 0 Å². The highest BCUT2D eigenvalue weighted by molar-refractivity contribution is 9.10. The zero-order chi connectivity index (χ0) is 16.2. The van der Waals surface area contributed by atoms with Crippen LogP contribution in [0.15, 0.2) is 57.4 Å². The lowest BCUT2D eigenvalue weighted by Gasteiger charge is -2.02. The van der Waals surface area contributed by atoms with Gasteiger partial charge in [0.1, 0.15) is 5.75 Å². The summed E-state index contributed by atoms with van der Waals surface area (Å²) in [7, 11) is 1.57. The number of halogens is 1. The molecule has 7 heteroatoms. The summed E-state index contributed by atoms with van der Waals surface area (Å²) in [5, 5.41) is 10.4. The quantitative estimate of drug-likeness (QED) is 0.753. The van der Waals surface area contributed by atoms with Crippen molar-refractivity contribution >= 4 is 27.5 Å². The molecule has 0 spiro atoms. The molecule has 0 fully saturated rings. The zero-order valence-electron chi connectivity index (χ0n) is 12.1. The summed E-state index contributed by atoms with van der Waals surface area (Å²) in [6.45, 7) is 0. The van der Waals surface area contributed by atoms with Gasteiger partial charge in [-0.1, -0.05) is 28.1 Å². The first-order chi connectivity index (χ1) is 11.2. The minimum atomic E-state index is -0.468. The maximum atomic E-state index is 12.1. The molecule has 0 radical (unpaired) electrons. The molecule has 0 unspecified atom stereocenters. The standard InChI is InChI=1S/C16H12BrN3O3/c1-22-13-7-2-4-10(8-13)15-19-20-16(23-15)14(21)18-12-6-3-5-11(17)9-12/h2-9H,1H3,(H,18,21). The smallest absolute Gasteiger partial charge is 0.313 e. The average molecular weight is 374 g/mol. The molecule has 0 atom stereocenters. The third-order valence-corrected chi connectivity index (χ3v) is 3.51. The minimum Gasteiger partial charge on any atom is -0.497 e. The number of nitrogens with zero attached hydrogens (tertiary/aromatic N) is 2. The summed E-state index contributed by atoms with van der Waals surface area (Å²) in [4.78, 5) is 12.1. The van der Waals surface area contributed by atoms with Crippen molar-refractivity contribution in [3.63, 3.8) is 0 Å². The van der Waals surface area contributed by atoms with E-state index in [1.165, 1.54) is 0 Å². The highest BCUT2D eigenvalue weighted by Crippen LogP contribution is 2.23. The largest absolute Gasteiger partial charge is 0.497 e. The monoisotopic (exact) mass is 373 g/mol. The molecule has 116 valence electrons. The highest BCUT2D eigenvalue weighted by atomic mass is 79.9. The number of nitrogens with one attached hydrogen (secondary N) is 1. The second-order valence-corrected chi connectivity index (χ2v) is 5.52. The van der Waals surface area contributed by atoms with Gasteiger partial charge in [0.05, 0.1) is 7.11 Å². The van der Waals surface area contributed by atoms with E-state index in [0.717, 1.165) is 4.47 Å². The Labute approximate surface area is 140 Å². The fourth-order valence-electron chi connectivity index (χ4n) is 1.94. The zero-order valence-corrected chi connectivity index (χ0v) is 13.7. The lowest BCUT2D eigenvalue weighted by Crippen LogP contribution is -2.12. The molecule has 0 saturated heterocycles. The maximum Gasteiger partial charge on any atom is 0.313 e. The van der Waals surface area contributed by atoms with Crippen LogP contribution in [0.2, 0.25) is 0 Å². The molecule has 2 aromatic carbocycles. The van der Waals surface area contributed by atoms with E-state index >= 15 is 0 Å². The van der Waals surface area contributed by atoms with Crippen LogP contribution in [0.25, 0.3) is 11.5 Å². The van der Waals surface area contributed by atoms with Gasteiger partial charge in [0, 0.05) is 15.7 Å². The molecule has 1 aromatic heterocycles. The summed E-state index contributed by atoms with van der Waals surface area (Å²) in [6.07, 6.45) is 0. The number of aromatic nitrogens is 2. The third-order valence-electron chi connectivity index (χ3n) is 3.02. The normalized spacial score (nSPS) is 10.3. The van der Waals surface area contributed by atoms with E-state index in [4.69, 9.17) is 9.15 Å². The third kappa shape index (κ3) is 3.57. The van der Waals surface area contributed by atoms with Gasteiger partial charge in [-0.15, -0.1) is 10.2 Å². The first kappa shape index (κ1) is 15.2. The Morgan fingerprint density at radius 3 is 2.78 bits per heavy atom. The van der Waals surface area contributed by atoms with E-state index in [1.807, 2.05) is 12.1 Å². The van der Waals surface area contributed by atoms with Gasteiger partial charge in [-0.2, -0.15) is 0 Å². The van der Waals surface area contributed by atoms with Crippen LogP contribution in [0.1, 0.15) is 10.7 Å². The minimum absolute atomic E-state index is 0.109. The Kier molecular flexibility index (Phi) is 4.38. The molecule has 0 aliphatic carbocycles. The van der Waals surface area contributed by atoms with Crippen LogP contribution in [0.4, 0.5) is 5.69 Å². The predicted octanol–water partition coefficient (Wildman–Crippen LogP) is 3.76. The second-order valence-electron chi connectivity index (χ2n) is 4.61. The number of amides is 1. The molecular weight excluding hydrogens is 362 g/mol. The average Bonchev–Trinajstić information content (AvgIpc) is 3.05. The van der Waals surface area contributed by atoms with E-state index < -0.39 is 5.91 Å². The molecule has 1 N–H and O–H groups in total. The summed E-state index contributed by atoms with van der Waals surface area (Å²) < 4.78 is 11.4. The molecule has 0 bridgehead atoms. The van der Waals surface area contributed by atoms with E-state index in [-0.39, 0.29) is 11.8 Å². The summed E-state index contributed by atoms with van der Waals surface area (Å²) in [5.41, 5.74) is 1.31. The van der Waals surface area contributed by atoms with Crippen LogP contribution in [0.5, 0.6) is 5.75 Å². The number of rotatable bonds is 4. The molecule has 3 rings (SSSR count). The Hall–Kier alpha value is -2.67. The van der Waals surface area contributed by atoms with Gasteiger partial charge < -0.3 is 14.5 Å². The first-order valence-electron chi connectivity index (χ1n) is 6.70. The summed E-state index contributed by atoms with van der Waals surface area (Å²) in [6, 6.07) is 14.4. The molecule has 1 amide bonds. The molecular formula is C16H12BrN3O3. The van der Waals surface area contributed by atoms with E-state index in [2.05, 4.69) is 31.4 Å². The fraction of sp³-hybridized carbons (Fsp3) is 0.0625. The van der Waals surface area contributed by atoms with E-state index in [0.29, 0.717) is 17.0 Å². The fourth-order valence-corrected chi connectivity index (χ4v) is 2.34. The SMILES string of the molecule is COc1cccc(-c2nnc(C(=O)Nc3cccc(Br)c3)o2)c1. The van der Waals surface area contributed by atoms with Crippen molar-refractivity contribution in [2.75, 3.05) is 12.4 Å². The predicted molar refractivity (Wildman–Crippen MR) is 88.4 cm³/mol. The number of hydrogen-bond donors (Lipinski definition) is 1. The number of carbonyl (C=O) groups excluding carboxylic acids is 1. The van der Waals surface area contributed by atoms with Crippen molar-refractivity contribution in [3.8, 4) is 17.2 Å². The Bertz CT molecular complexity index is 848. The van der Waals surface area contributed by atoms with E-state index in [1.54, 1.807) is 43.5 Å².